The van der Waals surface area contributed by atoms with Gasteiger partial charge in [-0.2, -0.15) is 0 Å². The zero-order valence-corrected chi connectivity index (χ0v) is 19.5. The van der Waals surface area contributed by atoms with Crippen LogP contribution in [0.25, 0.3) is 6.08 Å². The average Bonchev–Trinajstić information content (AvgIpc) is 3.03. The number of amides is 1. The minimum Gasteiger partial charge on any atom is -0.489 e. The Kier molecular flexibility index (Phi) is 6.46. The molecule has 0 radical (unpaired) electrons. The number of rotatable bonds is 5. The van der Waals surface area contributed by atoms with Crippen molar-refractivity contribution in [1.82, 2.24) is 0 Å². The maximum atomic E-state index is 13.1. The Morgan fingerprint density at radius 3 is 2.55 bits per heavy atom. The molecule has 1 aliphatic heterocycles. The van der Waals surface area contributed by atoms with Gasteiger partial charge in [-0.25, -0.2) is 0 Å². The zero-order chi connectivity index (χ0) is 22.0. The Balaban J connectivity index is 1.48. The summed E-state index contributed by atoms with van der Waals surface area (Å²) >= 11 is 13.0. The van der Waals surface area contributed by atoms with E-state index in [-0.39, 0.29) is 5.91 Å². The topological polar surface area (TPSA) is 29.5 Å². The Morgan fingerprint density at radius 2 is 1.81 bits per heavy atom. The molecular weight excluding hydrogens is 446 g/mol. The van der Waals surface area contributed by atoms with E-state index in [1.165, 1.54) is 11.8 Å². The van der Waals surface area contributed by atoms with Crippen molar-refractivity contribution in [2.45, 2.75) is 20.5 Å². The van der Waals surface area contributed by atoms with Gasteiger partial charge in [0.25, 0.3) is 5.91 Å². The lowest BCUT2D eigenvalue weighted by atomic mass is 10.1. The number of ether oxygens (including phenoxy) is 1. The third-order valence-electron chi connectivity index (χ3n) is 4.93. The van der Waals surface area contributed by atoms with E-state index in [2.05, 4.69) is 0 Å². The molecule has 1 fully saturated rings. The molecule has 6 heteroatoms. The van der Waals surface area contributed by atoms with E-state index in [9.17, 15) is 4.79 Å². The highest BCUT2D eigenvalue weighted by atomic mass is 35.5. The molecule has 0 saturated carbocycles. The maximum Gasteiger partial charge on any atom is 0.270 e. The third-order valence-corrected chi connectivity index (χ3v) is 6.60. The van der Waals surface area contributed by atoms with E-state index in [0.717, 1.165) is 33.7 Å². The average molecular weight is 466 g/mol. The molecule has 1 heterocycles. The normalized spacial score (nSPS) is 15.1. The lowest BCUT2D eigenvalue weighted by Gasteiger charge is -2.17. The number of benzene rings is 3. The van der Waals surface area contributed by atoms with Crippen LogP contribution >= 0.6 is 35.6 Å². The molecule has 0 bridgehead atoms. The zero-order valence-electron chi connectivity index (χ0n) is 17.1. The summed E-state index contributed by atoms with van der Waals surface area (Å²) < 4.78 is 6.37. The summed E-state index contributed by atoms with van der Waals surface area (Å²) in [5.41, 5.74) is 4.79. The molecule has 1 saturated heterocycles. The van der Waals surface area contributed by atoms with Crippen molar-refractivity contribution < 1.29 is 9.53 Å². The predicted octanol–water partition coefficient (Wildman–Crippen LogP) is 6.94. The summed E-state index contributed by atoms with van der Waals surface area (Å²) in [6.07, 6.45) is 1.86. The Hall–Kier alpha value is -2.60. The van der Waals surface area contributed by atoms with E-state index in [0.29, 0.717) is 20.9 Å². The quantitative estimate of drug-likeness (QED) is 0.301. The number of halogens is 1. The van der Waals surface area contributed by atoms with Crippen LogP contribution in [0.2, 0.25) is 5.02 Å². The van der Waals surface area contributed by atoms with Gasteiger partial charge in [0.2, 0.25) is 0 Å². The molecule has 0 spiro atoms. The van der Waals surface area contributed by atoms with Gasteiger partial charge in [0, 0.05) is 10.6 Å². The van der Waals surface area contributed by atoms with Crippen molar-refractivity contribution in [3.05, 3.63) is 98.9 Å². The molecule has 0 atom stereocenters. The van der Waals surface area contributed by atoms with Gasteiger partial charge < -0.3 is 4.74 Å². The molecule has 1 amide bonds. The first-order valence-electron chi connectivity index (χ1n) is 9.74. The first-order valence-corrected chi connectivity index (χ1v) is 11.3. The van der Waals surface area contributed by atoms with Gasteiger partial charge in [-0.15, -0.1) is 0 Å². The third kappa shape index (κ3) is 4.85. The van der Waals surface area contributed by atoms with Crippen LogP contribution in [0.15, 0.2) is 71.6 Å². The summed E-state index contributed by atoms with van der Waals surface area (Å²) in [4.78, 5) is 15.3. The molecule has 3 aromatic carbocycles. The molecule has 3 nitrogen and oxygen atoms in total. The second-order valence-corrected chi connectivity index (χ2v) is 9.34. The lowest BCUT2D eigenvalue weighted by Crippen LogP contribution is -2.28. The van der Waals surface area contributed by atoms with Crippen molar-refractivity contribution >= 4 is 57.6 Å². The fourth-order valence-corrected chi connectivity index (χ4v) is 4.70. The van der Waals surface area contributed by atoms with Crippen LogP contribution < -0.4 is 9.64 Å². The van der Waals surface area contributed by atoms with Gasteiger partial charge in [-0.3, -0.25) is 9.69 Å². The maximum absolute atomic E-state index is 13.1. The number of aryl methyl sites for hydroxylation is 2. The van der Waals surface area contributed by atoms with Gasteiger partial charge in [-0.05, 0) is 60.9 Å². The van der Waals surface area contributed by atoms with Crippen LogP contribution in [-0.2, 0) is 11.4 Å². The molecule has 0 aromatic heterocycles. The minimum atomic E-state index is -0.0947. The van der Waals surface area contributed by atoms with Crippen LogP contribution in [0.1, 0.15) is 22.3 Å². The fraction of sp³-hybridized carbons (Fsp3) is 0.120. The van der Waals surface area contributed by atoms with Gasteiger partial charge in [-0.1, -0.05) is 78.0 Å². The van der Waals surface area contributed by atoms with Crippen molar-refractivity contribution in [2.75, 3.05) is 4.90 Å². The summed E-state index contributed by atoms with van der Waals surface area (Å²) in [7, 11) is 0. The number of carbonyl (C=O) groups is 1. The number of carbonyl (C=O) groups excluding carboxylic acids is 1. The molecule has 31 heavy (non-hydrogen) atoms. The summed E-state index contributed by atoms with van der Waals surface area (Å²) in [5, 5.41) is 0.685. The first-order chi connectivity index (χ1) is 14.9. The number of hydrogen-bond donors (Lipinski definition) is 0. The lowest BCUT2D eigenvalue weighted by molar-refractivity contribution is -0.113. The van der Waals surface area contributed by atoms with E-state index in [4.69, 9.17) is 28.6 Å². The fourth-order valence-electron chi connectivity index (χ4n) is 3.22. The molecule has 0 aliphatic carbocycles. The minimum absolute atomic E-state index is 0.0947. The summed E-state index contributed by atoms with van der Waals surface area (Å²) in [6.45, 7) is 4.39. The van der Waals surface area contributed by atoms with Crippen LogP contribution in [0.4, 0.5) is 5.69 Å². The highest BCUT2D eigenvalue weighted by Gasteiger charge is 2.34. The molecule has 0 N–H and O–H groups in total. The van der Waals surface area contributed by atoms with Crippen LogP contribution in [-0.4, -0.2) is 10.2 Å². The molecular formula is C25H20ClNO2S2. The Labute approximate surface area is 196 Å². The van der Waals surface area contributed by atoms with Gasteiger partial charge in [0.1, 0.15) is 12.4 Å². The number of nitrogens with zero attached hydrogens (tertiary/aromatic N) is 1. The van der Waals surface area contributed by atoms with E-state index < -0.39 is 0 Å². The number of anilines is 1. The van der Waals surface area contributed by atoms with Crippen molar-refractivity contribution in [1.29, 1.82) is 0 Å². The van der Waals surface area contributed by atoms with Gasteiger partial charge in [0.15, 0.2) is 4.32 Å². The SMILES string of the molecule is Cc1ccc(C)c(N2C(=O)/C(=C/c3ccc(OCc4ccccc4Cl)cc3)SC2=S)c1. The van der Waals surface area contributed by atoms with Gasteiger partial charge in [0.05, 0.1) is 10.6 Å². The highest BCUT2D eigenvalue weighted by molar-refractivity contribution is 8.27. The molecule has 156 valence electrons. The standard InChI is InChI=1S/C25H20ClNO2S2/c1-16-7-8-17(2)22(13-16)27-24(28)23(31-25(27)30)14-18-9-11-20(12-10-18)29-15-19-5-3-4-6-21(19)26/h3-14H,15H2,1-2H3/b23-14-. The van der Waals surface area contributed by atoms with Crippen LogP contribution in [0.5, 0.6) is 5.75 Å². The first kappa shape index (κ1) is 21.6. The predicted molar refractivity (Wildman–Crippen MR) is 134 cm³/mol. The van der Waals surface area contributed by atoms with Crippen molar-refractivity contribution in [3.63, 3.8) is 0 Å². The second-order valence-electron chi connectivity index (χ2n) is 7.26. The highest BCUT2D eigenvalue weighted by Crippen LogP contribution is 2.37. The van der Waals surface area contributed by atoms with E-state index in [1.54, 1.807) is 4.90 Å². The molecule has 0 unspecified atom stereocenters. The summed E-state index contributed by atoms with van der Waals surface area (Å²) in [5.74, 6) is 0.641. The molecule has 1 aliphatic rings. The number of thiocarbonyl (C=S) groups is 1. The van der Waals surface area contributed by atoms with Crippen molar-refractivity contribution in [2.24, 2.45) is 0 Å². The Bertz CT molecular complexity index is 1190. The largest absolute Gasteiger partial charge is 0.489 e. The second kappa shape index (κ2) is 9.27. The van der Waals surface area contributed by atoms with Gasteiger partial charge >= 0.3 is 0 Å². The molecule has 3 aromatic rings. The van der Waals surface area contributed by atoms with Crippen LogP contribution in [0.3, 0.4) is 0 Å². The number of hydrogen-bond acceptors (Lipinski definition) is 4. The van der Waals surface area contributed by atoms with Crippen LogP contribution in [0, 0.1) is 13.8 Å². The van der Waals surface area contributed by atoms with Crippen molar-refractivity contribution in [3.8, 4) is 5.75 Å². The smallest absolute Gasteiger partial charge is 0.270 e. The monoisotopic (exact) mass is 465 g/mol. The number of thioether (sulfide) groups is 1. The Morgan fingerprint density at radius 1 is 1.06 bits per heavy atom. The van der Waals surface area contributed by atoms with E-state index in [1.807, 2.05) is 86.7 Å². The summed E-state index contributed by atoms with van der Waals surface area (Å²) in [6, 6.07) is 21.3. The molecule has 4 rings (SSSR count). The van der Waals surface area contributed by atoms with E-state index >= 15 is 0 Å².